The van der Waals surface area contributed by atoms with Crippen LogP contribution in [0.5, 0.6) is 5.75 Å². The van der Waals surface area contributed by atoms with E-state index in [0.717, 1.165) is 5.56 Å². The van der Waals surface area contributed by atoms with Crippen molar-refractivity contribution in [1.29, 1.82) is 0 Å². The molecule has 8 heteroatoms. The molecule has 2 aromatic rings. The molecule has 4 N–H and O–H groups in total. The molecule has 0 radical (unpaired) electrons. The number of nitrogens with one attached hydrogen (secondary N) is 2. The molecule has 1 aromatic heterocycles. The van der Waals surface area contributed by atoms with Gasteiger partial charge in [0.25, 0.3) is 0 Å². The summed E-state index contributed by atoms with van der Waals surface area (Å²) in [7, 11) is -2.31. The normalized spacial score (nSPS) is 13.1. The molecule has 0 aliphatic rings. The highest BCUT2D eigenvalue weighted by molar-refractivity contribution is 7.89. The zero-order valence-electron chi connectivity index (χ0n) is 11.8. The lowest BCUT2D eigenvalue weighted by molar-refractivity contribution is 0.402. The summed E-state index contributed by atoms with van der Waals surface area (Å²) < 4.78 is 32.8. The van der Waals surface area contributed by atoms with Crippen LogP contribution in [0.4, 0.5) is 0 Å². The fourth-order valence-electron chi connectivity index (χ4n) is 1.92. The summed E-state index contributed by atoms with van der Waals surface area (Å²) in [5.41, 5.74) is 7.02. The van der Waals surface area contributed by atoms with E-state index in [2.05, 4.69) is 14.9 Å². The zero-order valence-corrected chi connectivity index (χ0v) is 12.6. The number of hydrogen-bond acceptors (Lipinski definition) is 5. The quantitative estimate of drug-likeness (QED) is 0.735. The molecule has 1 atom stereocenters. The first-order valence-corrected chi connectivity index (χ1v) is 7.84. The Balaban J connectivity index is 2.34. The Hall–Kier alpha value is -1.90. The summed E-state index contributed by atoms with van der Waals surface area (Å²) in [5.74, 6) is 0.277. The third-order valence-corrected chi connectivity index (χ3v) is 4.67. The van der Waals surface area contributed by atoms with Gasteiger partial charge in [-0.3, -0.25) is 5.10 Å². The van der Waals surface area contributed by atoms with Gasteiger partial charge in [-0.2, -0.15) is 5.10 Å². The first-order chi connectivity index (χ1) is 9.97. The van der Waals surface area contributed by atoms with Crippen molar-refractivity contribution in [2.45, 2.75) is 24.4 Å². The summed E-state index contributed by atoms with van der Waals surface area (Å²) >= 11 is 0. The minimum absolute atomic E-state index is 0.0725. The third kappa shape index (κ3) is 3.41. The highest BCUT2D eigenvalue weighted by atomic mass is 32.2. The van der Waals surface area contributed by atoms with Crippen molar-refractivity contribution >= 4 is 10.0 Å². The first-order valence-electron chi connectivity index (χ1n) is 6.36. The van der Waals surface area contributed by atoms with Gasteiger partial charge in [-0.1, -0.05) is 6.07 Å². The monoisotopic (exact) mass is 310 g/mol. The first kappa shape index (κ1) is 15.5. The van der Waals surface area contributed by atoms with E-state index in [1.807, 2.05) is 0 Å². The Morgan fingerprint density at radius 2 is 2.24 bits per heavy atom. The van der Waals surface area contributed by atoms with E-state index < -0.39 is 16.1 Å². The van der Waals surface area contributed by atoms with Gasteiger partial charge in [0.05, 0.1) is 13.3 Å². The van der Waals surface area contributed by atoms with Crippen molar-refractivity contribution in [2.24, 2.45) is 5.73 Å². The molecule has 0 aliphatic heterocycles. The lowest BCUT2D eigenvalue weighted by atomic mass is 10.2. The van der Waals surface area contributed by atoms with Crippen LogP contribution in [-0.4, -0.2) is 25.7 Å². The van der Waals surface area contributed by atoms with Crippen LogP contribution in [0.2, 0.25) is 0 Å². The maximum Gasteiger partial charge on any atom is 0.244 e. The van der Waals surface area contributed by atoms with Crippen LogP contribution < -0.4 is 15.2 Å². The number of H-pyrrole nitrogens is 1. The minimum Gasteiger partial charge on any atom is -0.495 e. The van der Waals surface area contributed by atoms with Gasteiger partial charge < -0.3 is 10.5 Å². The zero-order chi connectivity index (χ0) is 15.5. The predicted molar refractivity (Wildman–Crippen MR) is 78.2 cm³/mol. The number of nitrogens with two attached hydrogens (primary N) is 1. The molecule has 21 heavy (non-hydrogen) atoms. The molecule has 1 unspecified atom stereocenters. The lowest BCUT2D eigenvalue weighted by Gasteiger charge is -2.15. The Labute approximate surface area is 123 Å². The number of benzene rings is 1. The molecule has 0 aliphatic carbocycles. The second kappa shape index (κ2) is 6.25. The van der Waals surface area contributed by atoms with E-state index in [0.29, 0.717) is 5.56 Å². The Kier molecular flexibility index (Phi) is 4.61. The van der Waals surface area contributed by atoms with Crippen molar-refractivity contribution in [3.05, 3.63) is 41.7 Å². The summed E-state index contributed by atoms with van der Waals surface area (Å²) in [6.45, 7) is 1.99. The van der Waals surface area contributed by atoms with E-state index in [9.17, 15) is 8.42 Å². The van der Waals surface area contributed by atoms with Crippen molar-refractivity contribution in [2.75, 3.05) is 7.11 Å². The summed E-state index contributed by atoms with van der Waals surface area (Å²) in [6.07, 6.45) is 3.21. The molecule has 0 amide bonds. The number of nitrogens with zero attached hydrogens (tertiary/aromatic N) is 1. The fourth-order valence-corrected chi connectivity index (χ4v) is 3.37. The number of hydrogen-bond donors (Lipinski definition) is 3. The van der Waals surface area contributed by atoms with Gasteiger partial charge in [-0.05, 0) is 24.6 Å². The van der Waals surface area contributed by atoms with Gasteiger partial charge >= 0.3 is 0 Å². The van der Waals surface area contributed by atoms with Crippen LogP contribution in [-0.2, 0) is 16.6 Å². The molecule has 114 valence electrons. The number of methoxy groups -OCH3 is 1. The largest absolute Gasteiger partial charge is 0.495 e. The van der Waals surface area contributed by atoms with Crippen LogP contribution in [0.1, 0.15) is 24.1 Å². The van der Waals surface area contributed by atoms with Crippen molar-refractivity contribution < 1.29 is 13.2 Å². The topological polar surface area (TPSA) is 110 Å². The molecule has 0 saturated carbocycles. The van der Waals surface area contributed by atoms with Crippen LogP contribution in [0.3, 0.4) is 0 Å². The van der Waals surface area contributed by atoms with Gasteiger partial charge in [-0.15, -0.1) is 0 Å². The van der Waals surface area contributed by atoms with E-state index in [1.165, 1.54) is 13.2 Å². The smallest absolute Gasteiger partial charge is 0.244 e. The standard InChI is InChI=1S/C13H18N4O3S/c1-9(11-7-15-16-8-11)17-21(18,19)13-5-10(6-14)3-4-12(13)20-2/h3-5,7-9,17H,6,14H2,1-2H3,(H,15,16). The van der Waals surface area contributed by atoms with Crippen molar-refractivity contribution in [1.82, 2.24) is 14.9 Å². The van der Waals surface area contributed by atoms with E-state index in [-0.39, 0.29) is 17.2 Å². The molecular formula is C13H18N4O3S. The SMILES string of the molecule is COc1ccc(CN)cc1S(=O)(=O)NC(C)c1cn[nH]c1. The van der Waals surface area contributed by atoms with Gasteiger partial charge in [-0.25, -0.2) is 13.1 Å². The maximum absolute atomic E-state index is 12.5. The molecular weight excluding hydrogens is 292 g/mol. The van der Waals surface area contributed by atoms with E-state index in [1.54, 1.807) is 31.5 Å². The number of aromatic nitrogens is 2. The highest BCUT2D eigenvalue weighted by Crippen LogP contribution is 2.26. The number of sulfonamides is 1. The molecule has 7 nitrogen and oxygen atoms in total. The fraction of sp³-hybridized carbons (Fsp3) is 0.308. The Morgan fingerprint density at radius 3 is 2.81 bits per heavy atom. The molecule has 0 spiro atoms. The van der Waals surface area contributed by atoms with Gasteiger partial charge in [0.2, 0.25) is 10.0 Å². The number of ether oxygens (including phenoxy) is 1. The molecule has 2 rings (SSSR count). The third-order valence-electron chi connectivity index (χ3n) is 3.10. The summed E-state index contributed by atoms with van der Waals surface area (Å²) in [5, 5.41) is 6.46. The molecule has 1 aromatic carbocycles. The van der Waals surface area contributed by atoms with Crippen molar-refractivity contribution in [3.8, 4) is 5.75 Å². The molecule has 0 saturated heterocycles. The molecule has 1 heterocycles. The second-order valence-corrected chi connectivity index (χ2v) is 6.25. The van der Waals surface area contributed by atoms with Crippen LogP contribution >= 0.6 is 0 Å². The van der Waals surface area contributed by atoms with Gasteiger partial charge in [0, 0.05) is 24.3 Å². The highest BCUT2D eigenvalue weighted by Gasteiger charge is 2.23. The molecule has 0 fully saturated rings. The molecule has 0 bridgehead atoms. The maximum atomic E-state index is 12.5. The summed E-state index contributed by atoms with van der Waals surface area (Å²) in [6, 6.07) is 4.43. The van der Waals surface area contributed by atoms with E-state index in [4.69, 9.17) is 10.5 Å². The second-order valence-electron chi connectivity index (χ2n) is 4.56. The Morgan fingerprint density at radius 1 is 1.48 bits per heavy atom. The minimum atomic E-state index is -3.73. The predicted octanol–water partition coefficient (Wildman–Crippen LogP) is 0.916. The van der Waals surface area contributed by atoms with Crippen LogP contribution in [0, 0.1) is 0 Å². The van der Waals surface area contributed by atoms with Crippen LogP contribution in [0.25, 0.3) is 0 Å². The Bertz CT molecular complexity index is 698. The number of rotatable bonds is 6. The van der Waals surface area contributed by atoms with Gasteiger partial charge in [0.15, 0.2) is 0 Å². The average Bonchev–Trinajstić information content (AvgIpc) is 3.00. The summed E-state index contributed by atoms with van der Waals surface area (Å²) in [4.78, 5) is 0.0725. The number of aromatic amines is 1. The van der Waals surface area contributed by atoms with E-state index >= 15 is 0 Å². The van der Waals surface area contributed by atoms with Crippen molar-refractivity contribution in [3.63, 3.8) is 0 Å². The van der Waals surface area contributed by atoms with Gasteiger partial charge in [0.1, 0.15) is 10.6 Å². The van der Waals surface area contributed by atoms with Crippen LogP contribution in [0.15, 0.2) is 35.5 Å². The average molecular weight is 310 g/mol. The lowest BCUT2D eigenvalue weighted by Crippen LogP contribution is -2.27.